The van der Waals surface area contributed by atoms with E-state index in [1.165, 1.54) is 33.5 Å². The number of benzene rings is 2. The van der Waals surface area contributed by atoms with E-state index in [9.17, 15) is 0 Å². The molecular weight excluding hydrogens is 589 g/mol. The Labute approximate surface area is 273 Å². The van der Waals surface area contributed by atoms with E-state index in [1.807, 2.05) is 24.7 Å². The third kappa shape index (κ3) is 13.3. The summed E-state index contributed by atoms with van der Waals surface area (Å²) < 4.78 is 0. The van der Waals surface area contributed by atoms with Crippen LogP contribution in [0.5, 0.6) is 0 Å². The molecule has 1 heterocycles. The molecule has 41 heavy (non-hydrogen) atoms. The molecule has 6 heteroatoms. The Balaban J connectivity index is 0. The molecule has 1 aromatic heterocycles. The number of nitrogens with zero attached hydrogens (tertiary/aromatic N) is 3. The largest absolute Gasteiger partial charge is 3.00 e. The molecule has 0 N–H and O–H groups in total. The minimum Gasteiger partial charge on any atom is -1.00 e. The van der Waals surface area contributed by atoms with Gasteiger partial charge in [0.2, 0.25) is 0 Å². The van der Waals surface area contributed by atoms with Crippen molar-refractivity contribution in [2.24, 2.45) is 9.98 Å². The maximum atomic E-state index is 4.82. The third-order valence-corrected chi connectivity index (χ3v) is 6.54. The normalized spacial score (nSPS) is 11.0. The number of pyridine rings is 1. The number of aryl methyl sites for hydroxylation is 1. The second-order valence-corrected chi connectivity index (χ2v) is 11.0. The first-order valence-electron chi connectivity index (χ1n) is 14.2. The molecule has 2 aromatic carbocycles. The monoisotopic (exact) mass is 636 g/mol. The van der Waals surface area contributed by atoms with E-state index in [4.69, 9.17) is 4.99 Å². The third-order valence-electron chi connectivity index (χ3n) is 6.54. The number of aromatic nitrogens is 1. The van der Waals surface area contributed by atoms with Crippen LogP contribution < -0.4 is 24.8 Å². The Morgan fingerprint density at radius 3 is 1.41 bits per heavy atom. The van der Waals surface area contributed by atoms with Gasteiger partial charge < -0.3 is 31.7 Å². The standard InChI is InChI=1S/C20H26N2.C15H22N.2ClH.Fe/c1-15(2)18-10-5-11-19(16(3)4)20(18)22-13-7-9-17-8-6-12-21-14-17;1-6-10-16-15-13(11(2)3)8-7-9-14(15)12(4)5;;;/h5-6,8,10-16H,7,9H2,1-4H3;7-12H,1,6H2,2-5H3;2*1H;/q;-1;;;+3/p-2. The molecule has 0 aliphatic rings. The molecule has 3 aromatic rings. The first-order valence-corrected chi connectivity index (χ1v) is 14.2. The predicted molar refractivity (Wildman–Crippen MR) is 168 cm³/mol. The SMILES string of the molecule is CC(C)c1cccc(C(C)C)c1N=CCCc1cccnc1.[CH2-]CC=Nc1c(C(C)C)cccc1C(C)C.[Cl-].[Cl-].[Fe+3]. The van der Waals surface area contributed by atoms with Gasteiger partial charge in [0.25, 0.3) is 0 Å². The molecule has 0 saturated heterocycles. The summed E-state index contributed by atoms with van der Waals surface area (Å²) in [6, 6.07) is 17.1. The van der Waals surface area contributed by atoms with Gasteiger partial charge in [0.05, 0.1) is 11.4 Å². The number of hydrogen-bond acceptors (Lipinski definition) is 3. The molecular formula is C35H48Cl2FeN3. The van der Waals surface area contributed by atoms with Crippen molar-refractivity contribution in [1.29, 1.82) is 0 Å². The molecule has 0 unspecified atom stereocenters. The number of aliphatic imine (C=N–C) groups is 2. The zero-order valence-electron chi connectivity index (χ0n) is 26.0. The van der Waals surface area contributed by atoms with Crippen molar-refractivity contribution in [2.45, 2.75) is 98.3 Å². The predicted octanol–water partition coefficient (Wildman–Crippen LogP) is 4.53. The first-order chi connectivity index (χ1) is 18.2. The molecule has 0 atom stereocenters. The second-order valence-electron chi connectivity index (χ2n) is 11.0. The molecule has 3 rings (SSSR count). The molecule has 3 nitrogen and oxygen atoms in total. The van der Waals surface area contributed by atoms with Crippen LogP contribution in [0, 0.1) is 6.92 Å². The van der Waals surface area contributed by atoms with Crippen LogP contribution in [-0.2, 0) is 23.5 Å². The summed E-state index contributed by atoms with van der Waals surface area (Å²) in [7, 11) is 0. The van der Waals surface area contributed by atoms with Crippen molar-refractivity contribution in [2.75, 3.05) is 0 Å². The van der Waals surface area contributed by atoms with E-state index in [1.54, 1.807) is 0 Å². The summed E-state index contributed by atoms with van der Waals surface area (Å²) in [6.45, 7) is 21.6. The van der Waals surface area contributed by atoms with E-state index < -0.39 is 0 Å². The van der Waals surface area contributed by atoms with Crippen LogP contribution in [0.2, 0.25) is 0 Å². The summed E-state index contributed by atoms with van der Waals surface area (Å²) in [5.74, 6) is 2.00. The van der Waals surface area contributed by atoms with Gasteiger partial charge in [-0.25, -0.2) is 0 Å². The van der Waals surface area contributed by atoms with Crippen LogP contribution in [0.15, 0.2) is 70.9 Å². The fraction of sp³-hybridized carbons (Fsp3) is 0.429. The van der Waals surface area contributed by atoms with Crippen molar-refractivity contribution >= 4 is 23.8 Å². The van der Waals surface area contributed by atoms with Crippen LogP contribution >= 0.6 is 0 Å². The maximum Gasteiger partial charge on any atom is 3.00 e. The van der Waals surface area contributed by atoms with Crippen molar-refractivity contribution < 1.29 is 41.9 Å². The van der Waals surface area contributed by atoms with E-state index in [0.717, 1.165) is 24.9 Å². The van der Waals surface area contributed by atoms with Crippen LogP contribution in [0.4, 0.5) is 11.4 Å². The van der Waals surface area contributed by atoms with E-state index >= 15 is 0 Å². The van der Waals surface area contributed by atoms with Gasteiger partial charge in [-0.05, 0) is 76.6 Å². The fourth-order valence-electron chi connectivity index (χ4n) is 4.41. The number of halogens is 2. The Bertz CT molecular complexity index is 1120. The Morgan fingerprint density at radius 2 is 1.07 bits per heavy atom. The quantitative estimate of drug-likeness (QED) is 0.183. The average Bonchev–Trinajstić information content (AvgIpc) is 2.90. The van der Waals surface area contributed by atoms with Crippen LogP contribution in [0.3, 0.4) is 0 Å². The van der Waals surface area contributed by atoms with Gasteiger partial charge in [-0.3, -0.25) is 15.0 Å². The summed E-state index contributed by atoms with van der Waals surface area (Å²) in [5, 5.41) is 0. The summed E-state index contributed by atoms with van der Waals surface area (Å²) >= 11 is 0. The molecule has 0 aliphatic heterocycles. The van der Waals surface area contributed by atoms with Gasteiger partial charge >= 0.3 is 17.1 Å². The molecule has 1 radical (unpaired) electrons. The maximum absolute atomic E-state index is 4.82. The van der Waals surface area contributed by atoms with E-state index in [-0.39, 0.29) is 41.9 Å². The van der Waals surface area contributed by atoms with E-state index in [2.05, 4.69) is 121 Å². The molecule has 0 amide bonds. The van der Waals surface area contributed by atoms with Gasteiger partial charge in [-0.2, -0.15) is 0 Å². The van der Waals surface area contributed by atoms with Gasteiger partial charge in [-0.15, -0.1) is 6.42 Å². The van der Waals surface area contributed by atoms with E-state index in [0.29, 0.717) is 23.7 Å². The van der Waals surface area contributed by atoms with Crippen molar-refractivity contribution in [3.05, 3.63) is 95.7 Å². The van der Waals surface area contributed by atoms with Crippen molar-refractivity contribution in [1.82, 2.24) is 4.98 Å². The molecule has 0 spiro atoms. The Hall–Kier alpha value is -1.97. The second kappa shape index (κ2) is 21.7. The number of hydrogen-bond donors (Lipinski definition) is 0. The smallest absolute Gasteiger partial charge is 1.00 e. The van der Waals surface area contributed by atoms with Crippen LogP contribution in [-0.4, -0.2) is 17.4 Å². The summed E-state index contributed by atoms with van der Waals surface area (Å²) in [6.07, 6.45) is 10.4. The molecule has 225 valence electrons. The Morgan fingerprint density at radius 1 is 0.659 bits per heavy atom. The summed E-state index contributed by atoms with van der Waals surface area (Å²) in [5.41, 5.74) is 8.91. The molecule has 0 bridgehead atoms. The zero-order chi connectivity index (χ0) is 28.1. The topological polar surface area (TPSA) is 37.6 Å². The van der Waals surface area contributed by atoms with Crippen LogP contribution in [0.1, 0.15) is 120 Å². The van der Waals surface area contributed by atoms with Gasteiger partial charge in [0.15, 0.2) is 0 Å². The molecule has 0 aliphatic carbocycles. The first kappa shape index (κ1) is 41.2. The molecule has 0 saturated carbocycles. The Kier molecular flexibility index (Phi) is 21.8. The average molecular weight is 638 g/mol. The van der Waals surface area contributed by atoms with Gasteiger partial charge in [0, 0.05) is 18.6 Å². The van der Waals surface area contributed by atoms with Gasteiger partial charge in [0.1, 0.15) is 0 Å². The van der Waals surface area contributed by atoms with Crippen molar-refractivity contribution in [3.8, 4) is 0 Å². The minimum atomic E-state index is 0. The minimum absolute atomic E-state index is 0. The number of rotatable bonds is 10. The van der Waals surface area contributed by atoms with Crippen molar-refractivity contribution in [3.63, 3.8) is 0 Å². The number of para-hydroxylation sites is 2. The van der Waals surface area contributed by atoms with Gasteiger partial charge in [-0.1, -0.05) is 97.9 Å². The fourth-order valence-corrected chi connectivity index (χ4v) is 4.41. The summed E-state index contributed by atoms with van der Waals surface area (Å²) in [4.78, 5) is 13.5. The zero-order valence-corrected chi connectivity index (χ0v) is 28.6. The van der Waals surface area contributed by atoms with Crippen LogP contribution in [0.25, 0.3) is 0 Å². The molecule has 0 fully saturated rings.